The first-order valence-electron chi connectivity index (χ1n) is 11.6. The van der Waals surface area contributed by atoms with Gasteiger partial charge in [-0.3, -0.25) is 0 Å². The molecule has 0 aromatic heterocycles. The summed E-state index contributed by atoms with van der Waals surface area (Å²) in [6.45, 7) is 5.01. The number of rotatable bonds is 10. The molecule has 5 nitrogen and oxygen atoms in total. The molecule has 4 rings (SSSR count). The number of carboxylic acid groups (broad SMARTS) is 1. The average molecular weight is 468 g/mol. The normalized spacial score (nSPS) is 12.4. The first kappa shape index (κ1) is 26.1. The molecule has 1 heterocycles. The first-order valence-corrected chi connectivity index (χ1v) is 11.6. The molecule has 0 radical (unpaired) electrons. The quantitative estimate of drug-likeness (QED) is 0.418. The predicted octanol–water partition coefficient (Wildman–Crippen LogP) is 1.09. The Kier molecular flexibility index (Phi) is 9.87. The second-order valence-electron chi connectivity index (χ2n) is 8.42. The van der Waals surface area contributed by atoms with Gasteiger partial charge in [0.05, 0.1) is 6.54 Å². The number of para-hydroxylation sites is 1. The Labute approximate surface area is 224 Å². The molecule has 0 amide bonds. The fraction of sp³-hybridized carbons (Fsp3) is 0.321. The number of aliphatic carboxylic acids is 1. The molecule has 0 N–H and O–H groups in total. The van der Waals surface area contributed by atoms with Crippen molar-refractivity contribution in [1.82, 2.24) is 0 Å². The van der Waals surface area contributed by atoms with Crippen LogP contribution in [0.1, 0.15) is 35.1 Å². The molecule has 0 saturated carbocycles. The van der Waals surface area contributed by atoms with E-state index in [1.165, 1.54) is 16.8 Å². The minimum absolute atomic E-state index is 0. The number of hydrogen-bond acceptors (Lipinski definition) is 5. The zero-order chi connectivity index (χ0) is 23.0. The topological polar surface area (TPSA) is 61.8 Å². The van der Waals surface area contributed by atoms with E-state index in [4.69, 9.17) is 9.47 Å². The number of aryl methyl sites for hydroxylation is 2. The summed E-state index contributed by atoms with van der Waals surface area (Å²) in [6.07, 6.45) is 2.67. The Morgan fingerprint density at radius 2 is 1.79 bits per heavy atom. The van der Waals surface area contributed by atoms with Crippen LogP contribution in [0.3, 0.4) is 0 Å². The second kappa shape index (κ2) is 12.8. The van der Waals surface area contributed by atoms with Crippen LogP contribution in [-0.4, -0.2) is 25.7 Å². The van der Waals surface area contributed by atoms with E-state index in [0.717, 1.165) is 48.6 Å². The number of nitrogens with zero attached hydrogens (tertiary/aromatic N) is 1. The standard InChI is InChI=1S/C28H31NO4.Na/c1-21-19-25(14-12-22(21)13-15-28(30)31)33-20-23-7-5-11-27-26(23)10-6-16-29(27)17-18-32-24-8-3-2-4-9-24;/h2-5,7-9,11-12,14,19H,6,10,13,15-18,20H2,1H3,(H,30,31);/q;+1/p-1. The van der Waals surface area contributed by atoms with Gasteiger partial charge < -0.3 is 24.3 Å². The van der Waals surface area contributed by atoms with Crippen molar-refractivity contribution in [1.29, 1.82) is 0 Å². The smallest absolute Gasteiger partial charge is 0.550 e. The summed E-state index contributed by atoms with van der Waals surface area (Å²) in [5.74, 6) is 0.674. The fourth-order valence-electron chi connectivity index (χ4n) is 4.37. The van der Waals surface area contributed by atoms with Crippen molar-refractivity contribution in [3.8, 4) is 11.5 Å². The van der Waals surface area contributed by atoms with Crippen LogP contribution in [0.4, 0.5) is 5.69 Å². The third-order valence-electron chi connectivity index (χ3n) is 6.12. The van der Waals surface area contributed by atoms with Crippen LogP contribution >= 0.6 is 0 Å². The van der Waals surface area contributed by atoms with Crippen LogP contribution in [0.25, 0.3) is 0 Å². The molecule has 0 unspecified atom stereocenters. The summed E-state index contributed by atoms with van der Waals surface area (Å²) in [7, 11) is 0. The summed E-state index contributed by atoms with van der Waals surface area (Å²) < 4.78 is 12.0. The van der Waals surface area contributed by atoms with Crippen molar-refractivity contribution < 1.29 is 48.9 Å². The Balaban J connectivity index is 0.00000324. The molecular weight excluding hydrogens is 437 g/mol. The van der Waals surface area contributed by atoms with Gasteiger partial charge in [0.25, 0.3) is 0 Å². The molecular formula is C28H30NNaO4. The van der Waals surface area contributed by atoms with E-state index in [9.17, 15) is 9.90 Å². The molecule has 3 aromatic carbocycles. The molecule has 0 atom stereocenters. The number of ether oxygens (including phenoxy) is 2. The summed E-state index contributed by atoms with van der Waals surface area (Å²) >= 11 is 0. The maximum absolute atomic E-state index is 10.7. The predicted molar refractivity (Wildman–Crippen MR) is 128 cm³/mol. The van der Waals surface area contributed by atoms with Crippen molar-refractivity contribution in [2.24, 2.45) is 0 Å². The van der Waals surface area contributed by atoms with Crippen LogP contribution in [0, 0.1) is 6.92 Å². The zero-order valence-electron chi connectivity index (χ0n) is 20.1. The van der Waals surface area contributed by atoms with E-state index in [2.05, 4.69) is 23.1 Å². The number of carbonyl (C=O) groups is 1. The van der Waals surface area contributed by atoms with Gasteiger partial charge in [-0.25, -0.2) is 0 Å². The van der Waals surface area contributed by atoms with Crippen LogP contribution in [-0.2, 0) is 24.2 Å². The largest absolute Gasteiger partial charge is 1.00 e. The maximum atomic E-state index is 10.7. The van der Waals surface area contributed by atoms with Crippen LogP contribution < -0.4 is 49.0 Å². The van der Waals surface area contributed by atoms with Crippen LogP contribution in [0.2, 0.25) is 0 Å². The molecule has 6 heteroatoms. The Morgan fingerprint density at radius 1 is 0.971 bits per heavy atom. The van der Waals surface area contributed by atoms with Gasteiger partial charge in [0.1, 0.15) is 24.7 Å². The average Bonchev–Trinajstić information content (AvgIpc) is 2.83. The van der Waals surface area contributed by atoms with E-state index >= 15 is 0 Å². The van der Waals surface area contributed by atoms with Gasteiger partial charge in [-0.1, -0.05) is 36.4 Å². The third kappa shape index (κ3) is 7.02. The van der Waals surface area contributed by atoms with E-state index in [1.54, 1.807) is 0 Å². The molecule has 1 aliphatic rings. The van der Waals surface area contributed by atoms with E-state index in [-0.39, 0.29) is 36.0 Å². The molecule has 0 aliphatic carbocycles. The molecule has 172 valence electrons. The van der Waals surface area contributed by atoms with E-state index in [1.807, 2.05) is 55.5 Å². The second-order valence-corrected chi connectivity index (χ2v) is 8.42. The van der Waals surface area contributed by atoms with Gasteiger partial charge in [-0.05, 0) is 85.2 Å². The van der Waals surface area contributed by atoms with Crippen molar-refractivity contribution in [3.63, 3.8) is 0 Å². The van der Waals surface area contributed by atoms with Gasteiger partial charge in [-0.2, -0.15) is 0 Å². The Bertz CT molecular complexity index is 1090. The molecule has 0 fully saturated rings. The van der Waals surface area contributed by atoms with Crippen molar-refractivity contribution >= 4 is 11.7 Å². The van der Waals surface area contributed by atoms with Crippen LogP contribution in [0.5, 0.6) is 11.5 Å². The van der Waals surface area contributed by atoms with Crippen molar-refractivity contribution in [3.05, 3.63) is 89.0 Å². The summed E-state index contributed by atoms with van der Waals surface area (Å²) in [5.41, 5.74) is 5.88. The van der Waals surface area contributed by atoms with E-state index in [0.29, 0.717) is 19.6 Å². The third-order valence-corrected chi connectivity index (χ3v) is 6.12. The van der Waals surface area contributed by atoms with Gasteiger partial charge in [0.2, 0.25) is 0 Å². The molecule has 34 heavy (non-hydrogen) atoms. The molecule has 0 spiro atoms. The number of benzene rings is 3. The van der Waals surface area contributed by atoms with Gasteiger partial charge in [-0.15, -0.1) is 0 Å². The molecule has 0 bridgehead atoms. The summed E-state index contributed by atoms with van der Waals surface area (Å²) in [4.78, 5) is 13.1. The minimum Gasteiger partial charge on any atom is -0.550 e. The summed E-state index contributed by atoms with van der Waals surface area (Å²) in [6, 6.07) is 22.2. The molecule has 1 aliphatic heterocycles. The number of carbonyl (C=O) groups excluding carboxylic acids is 1. The number of carboxylic acids is 1. The van der Waals surface area contributed by atoms with Crippen molar-refractivity contribution in [2.45, 2.75) is 39.2 Å². The zero-order valence-corrected chi connectivity index (χ0v) is 22.1. The minimum atomic E-state index is -1.02. The number of fused-ring (bicyclic) bond motifs is 1. The van der Waals surface area contributed by atoms with Gasteiger partial charge in [0.15, 0.2) is 0 Å². The molecule has 3 aromatic rings. The maximum Gasteiger partial charge on any atom is 1.00 e. The van der Waals surface area contributed by atoms with Gasteiger partial charge in [0, 0.05) is 18.2 Å². The van der Waals surface area contributed by atoms with E-state index < -0.39 is 5.97 Å². The van der Waals surface area contributed by atoms with Crippen LogP contribution in [0.15, 0.2) is 66.7 Å². The SMILES string of the molecule is Cc1cc(OCc2cccc3c2CCCN3CCOc2ccccc2)ccc1CCC(=O)[O-].[Na+]. The fourth-order valence-corrected chi connectivity index (χ4v) is 4.37. The Hall–Kier alpha value is -2.47. The van der Waals surface area contributed by atoms with Crippen molar-refractivity contribution in [2.75, 3.05) is 24.6 Å². The number of anilines is 1. The van der Waals surface area contributed by atoms with Gasteiger partial charge >= 0.3 is 29.6 Å². The summed E-state index contributed by atoms with van der Waals surface area (Å²) in [5, 5.41) is 10.7. The monoisotopic (exact) mass is 467 g/mol. The first-order chi connectivity index (χ1) is 16.1. The Morgan fingerprint density at radius 3 is 2.56 bits per heavy atom. The number of hydrogen-bond donors (Lipinski definition) is 0. The molecule has 0 saturated heterocycles.